The van der Waals surface area contributed by atoms with Crippen LogP contribution in [0.4, 0.5) is 11.4 Å². The van der Waals surface area contributed by atoms with Crippen LogP contribution in [-0.4, -0.2) is 39.4 Å². The molecule has 0 saturated heterocycles. The third kappa shape index (κ3) is 3.61. The zero-order valence-electron chi connectivity index (χ0n) is 14.6. The normalized spacial score (nSPS) is 15.6. The topological polar surface area (TPSA) is 45.1 Å². The van der Waals surface area contributed by atoms with Crippen LogP contribution in [-0.2, 0) is 9.53 Å². The summed E-state index contributed by atoms with van der Waals surface area (Å²) in [5.41, 5.74) is 3.99. The third-order valence-electron chi connectivity index (χ3n) is 3.96. The van der Waals surface area contributed by atoms with E-state index in [1.54, 1.807) is 7.11 Å². The maximum Gasteiger partial charge on any atom is 0.280 e. The number of rotatable bonds is 5. The number of carbonyl (C=O) groups is 1. The van der Waals surface area contributed by atoms with Gasteiger partial charge in [0.25, 0.3) is 5.91 Å². The zero-order valence-corrected chi connectivity index (χ0v) is 14.6. The van der Waals surface area contributed by atoms with Gasteiger partial charge in [-0.05, 0) is 35.9 Å². The number of ether oxygens (including phenoxy) is 1. The van der Waals surface area contributed by atoms with Crippen molar-refractivity contribution in [2.24, 2.45) is 5.10 Å². The summed E-state index contributed by atoms with van der Waals surface area (Å²) in [6.45, 7) is 0.288. The summed E-state index contributed by atoms with van der Waals surface area (Å²) in [4.78, 5) is 14.9. The lowest BCUT2D eigenvalue weighted by Crippen LogP contribution is -2.21. The lowest BCUT2D eigenvalue weighted by atomic mass is 10.1. The monoisotopic (exact) mass is 335 g/mol. The van der Waals surface area contributed by atoms with Gasteiger partial charge >= 0.3 is 0 Å². The smallest absolute Gasteiger partial charge is 0.280 e. The number of anilines is 2. The van der Waals surface area contributed by atoms with E-state index in [-0.39, 0.29) is 12.5 Å². The van der Waals surface area contributed by atoms with Crippen LogP contribution in [0.1, 0.15) is 5.56 Å². The van der Waals surface area contributed by atoms with E-state index in [4.69, 9.17) is 4.74 Å². The molecular weight excluding hydrogens is 314 g/mol. The van der Waals surface area contributed by atoms with Crippen LogP contribution >= 0.6 is 0 Å². The minimum atomic E-state index is -0.144. The molecule has 0 radical (unpaired) electrons. The Morgan fingerprint density at radius 2 is 1.76 bits per heavy atom. The molecule has 0 atom stereocenters. The van der Waals surface area contributed by atoms with Crippen molar-refractivity contribution in [3.63, 3.8) is 0 Å². The van der Waals surface area contributed by atoms with Gasteiger partial charge in [0.15, 0.2) is 0 Å². The standard InChI is InChI=1S/C20H21N3O2/c1-22(2)16-11-9-15(10-12-16)13-18-19(14-25-3)21-23(20(18)24)17-7-5-4-6-8-17/h4-13H,14H2,1-3H3/b18-13+. The number of hydrazone groups is 1. The van der Waals surface area contributed by atoms with Crippen LogP contribution in [0.15, 0.2) is 65.3 Å². The van der Waals surface area contributed by atoms with Crippen molar-refractivity contribution < 1.29 is 9.53 Å². The van der Waals surface area contributed by atoms with Gasteiger partial charge in [-0.25, -0.2) is 0 Å². The van der Waals surface area contributed by atoms with Gasteiger partial charge in [-0.1, -0.05) is 30.3 Å². The number of benzene rings is 2. The molecule has 0 saturated carbocycles. The Morgan fingerprint density at radius 3 is 2.36 bits per heavy atom. The van der Waals surface area contributed by atoms with Crippen LogP contribution in [0.2, 0.25) is 0 Å². The second-order valence-electron chi connectivity index (χ2n) is 5.98. The quantitative estimate of drug-likeness (QED) is 0.788. The maximum atomic E-state index is 12.8. The van der Waals surface area contributed by atoms with Crippen LogP contribution < -0.4 is 9.91 Å². The number of methoxy groups -OCH3 is 1. The summed E-state index contributed by atoms with van der Waals surface area (Å²) in [7, 11) is 5.59. The molecule has 1 aliphatic heterocycles. The Labute approximate surface area is 147 Å². The summed E-state index contributed by atoms with van der Waals surface area (Å²) in [5.74, 6) is -0.144. The van der Waals surface area contributed by atoms with E-state index in [0.717, 1.165) is 16.9 Å². The van der Waals surface area contributed by atoms with Gasteiger partial charge in [0.2, 0.25) is 0 Å². The molecule has 0 fully saturated rings. The minimum absolute atomic E-state index is 0.144. The largest absolute Gasteiger partial charge is 0.378 e. The Morgan fingerprint density at radius 1 is 1.08 bits per heavy atom. The molecule has 2 aromatic carbocycles. The molecular formula is C20H21N3O2. The highest BCUT2D eigenvalue weighted by molar-refractivity contribution is 6.33. The molecule has 0 spiro atoms. The van der Waals surface area contributed by atoms with Crippen molar-refractivity contribution in [2.75, 3.05) is 37.7 Å². The zero-order chi connectivity index (χ0) is 17.8. The average Bonchev–Trinajstić information content (AvgIpc) is 2.93. The molecule has 0 N–H and O–H groups in total. The first-order valence-corrected chi connectivity index (χ1v) is 8.05. The van der Waals surface area contributed by atoms with Crippen molar-refractivity contribution in [1.29, 1.82) is 0 Å². The van der Waals surface area contributed by atoms with Gasteiger partial charge < -0.3 is 9.64 Å². The van der Waals surface area contributed by atoms with E-state index >= 15 is 0 Å². The Balaban J connectivity index is 1.94. The summed E-state index contributed by atoms with van der Waals surface area (Å²) in [6.07, 6.45) is 1.86. The molecule has 3 rings (SSSR count). The SMILES string of the molecule is COCC1=NN(c2ccccc2)C(=O)/C1=C/c1ccc(N(C)C)cc1. The molecule has 2 aromatic rings. The highest BCUT2D eigenvalue weighted by Crippen LogP contribution is 2.25. The summed E-state index contributed by atoms with van der Waals surface area (Å²) in [5, 5.41) is 5.88. The second-order valence-corrected chi connectivity index (χ2v) is 5.98. The highest BCUT2D eigenvalue weighted by atomic mass is 16.5. The lowest BCUT2D eigenvalue weighted by Gasteiger charge is -2.12. The summed E-state index contributed by atoms with van der Waals surface area (Å²) in [6, 6.07) is 17.4. The number of para-hydroxylation sites is 1. The Bertz CT molecular complexity index is 809. The van der Waals surface area contributed by atoms with Crippen molar-refractivity contribution >= 4 is 29.1 Å². The molecule has 5 nitrogen and oxygen atoms in total. The summed E-state index contributed by atoms with van der Waals surface area (Å²) >= 11 is 0. The first-order valence-electron chi connectivity index (χ1n) is 8.05. The van der Waals surface area contributed by atoms with E-state index in [9.17, 15) is 4.79 Å². The summed E-state index contributed by atoms with van der Waals surface area (Å²) < 4.78 is 5.22. The minimum Gasteiger partial charge on any atom is -0.378 e. The second kappa shape index (κ2) is 7.32. The van der Waals surface area contributed by atoms with Gasteiger partial charge in [-0.3, -0.25) is 4.79 Å². The van der Waals surface area contributed by atoms with Crippen LogP contribution in [0, 0.1) is 0 Å². The molecule has 0 bridgehead atoms. The van der Waals surface area contributed by atoms with E-state index in [1.165, 1.54) is 5.01 Å². The number of hydrogen-bond acceptors (Lipinski definition) is 4. The van der Waals surface area contributed by atoms with Crippen LogP contribution in [0.5, 0.6) is 0 Å². The van der Waals surface area contributed by atoms with Gasteiger partial charge in [0, 0.05) is 26.9 Å². The molecule has 0 aromatic heterocycles. The fourth-order valence-corrected chi connectivity index (χ4v) is 2.63. The van der Waals surface area contributed by atoms with Gasteiger partial charge in [-0.2, -0.15) is 10.1 Å². The number of amides is 1. The first kappa shape index (κ1) is 16.9. The van der Waals surface area contributed by atoms with E-state index < -0.39 is 0 Å². The molecule has 128 valence electrons. The highest BCUT2D eigenvalue weighted by Gasteiger charge is 2.30. The Kier molecular flexibility index (Phi) is 4.95. The molecule has 1 heterocycles. The van der Waals surface area contributed by atoms with Crippen LogP contribution in [0.3, 0.4) is 0 Å². The van der Waals surface area contributed by atoms with Crippen molar-refractivity contribution in [1.82, 2.24) is 0 Å². The van der Waals surface area contributed by atoms with E-state index in [2.05, 4.69) is 5.10 Å². The van der Waals surface area contributed by atoms with Gasteiger partial charge in [-0.15, -0.1) is 0 Å². The molecule has 1 aliphatic rings. The van der Waals surface area contributed by atoms with Gasteiger partial charge in [0.1, 0.15) is 0 Å². The van der Waals surface area contributed by atoms with E-state index in [1.807, 2.05) is 79.7 Å². The van der Waals surface area contributed by atoms with Crippen molar-refractivity contribution in [3.8, 4) is 0 Å². The average molecular weight is 335 g/mol. The van der Waals surface area contributed by atoms with Crippen LogP contribution in [0.25, 0.3) is 6.08 Å². The molecule has 1 amide bonds. The maximum absolute atomic E-state index is 12.8. The number of carbonyl (C=O) groups excluding carboxylic acids is 1. The predicted molar refractivity (Wildman–Crippen MR) is 102 cm³/mol. The molecule has 0 aliphatic carbocycles. The van der Waals surface area contributed by atoms with Gasteiger partial charge in [0.05, 0.1) is 23.6 Å². The van der Waals surface area contributed by atoms with Crippen molar-refractivity contribution in [3.05, 3.63) is 65.7 Å². The number of hydrogen-bond donors (Lipinski definition) is 0. The predicted octanol–water partition coefficient (Wildman–Crippen LogP) is 3.19. The fraction of sp³-hybridized carbons (Fsp3) is 0.200. The third-order valence-corrected chi connectivity index (χ3v) is 3.96. The number of nitrogens with zero attached hydrogens (tertiary/aromatic N) is 3. The molecule has 5 heteroatoms. The lowest BCUT2D eigenvalue weighted by molar-refractivity contribution is -0.114. The molecule has 25 heavy (non-hydrogen) atoms. The van der Waals surface area contributed by atoms with Crippen molar-refractivity contribution in [2.45, 2.75) is 0 Å². The first-order chi connectivity index (χ1) is 12.1. The molecule has 0 unspecified atom stereocenters. The Hall–Kier alpha value is -2.92. The van der Waals surface area contributed by atoms with E-state index in [0.29, 0.717) is 11.3 Å². The fourth-order valence-electron chi connectivity index (χ4n) is 2.63.